The number of hydrogen-bond acceptors (Lipinski definition) is 2. The van der Waals surface area contributed by atoms with Crippen molar-refractivity contribution in [3.05, 3.63) is 0 Å². The standard InChI is InChI=1S/C13H25F3N2/c1-11(5-3-7-13(14,15)16)18-8-4-6-12(10-18)9-17-2/h11-12,17H,3-10H2,1-2H3. The number of likely N-dealkylation sites (tertiary alicyclic amines) is 1. The van der Waals surface area contributed by atoms with Gasteiger partial charge in [0.25, 0.3) is 0 Å². The Hall–Kier alpha value is -0.290. The van der Waals surface area contributed by atoms with Gasteiger partial charge in [0, 0.05) is 19.0 Å². The number of alkyl halides is 3. The van der Waals surface area contributed by atoms with Crippen LogP contribution in [0.15, 0.2) is 0 Å². The molecular formula is C13H25F3N2. The van der Waals surface area contributed by atoms with Crippen molar-refractivity contribution in [2.45, 2.75) is 51.2 Å². The molecule has 1 saturated heterocycles. The van der Waals surface area contributed by atoms with Crippen LogP contribution in [0.3, 0.4) is 0 Å². The minimum atomic E-state index is -4.00. The molecule has 0 spiro atoms. The summed E-state index contributed by atoms with van der Waals surface area (Å²) in [5.74, 6) is 0.647. The van der Waals surface area contributed by atoms with Gasteiger partial charge in [-0.15, -0.1) is 0 Å². The highest BCUT2D eigenvalue weighted by Gasteiger charge is 2.28. The summed E-state index contributed by atoms with van der Waals surface area (Å²) in [5.41, 5.74) is 0. The topological polar surface area (TPSA) is 15.3 Å². The fourth-order valence-corrected chi connectivity index (χ4v) is 2.73. The molecule has 0 aliphatic carbocycles. The molecule has 0 aromatic carbocycles. The van der Waals surface area contributed by atoms with Crippen LogP contribution in [0.25, 0.3) is 0 Å². The average Bonchev–Trinajstić information content (AvgIpc) is 2.28. The maximum Gasteiger partial charge on any atom is 0.389 e. The summed E-state index contributed by atoms with van der Waals surface area (Å²) in [6.07, 6.45) is -1.37. The van der Waals surface area contributed by atoms with Crippen LogP contribution >= 0.6 is 0 Å². The van der Waals surface area contributed by atoms with Gasteiger partial charge in [-0.1, -0.05) is 0 Å². The van der Waals surface area contributed by atoms with Crippen LogP contribution < -0.4 is 5.32 Å². The molecule has 108 valence electrons. The molecule has 1 rings (SSSR count). The third-order valence-corrected chi connectivity index (χ3v) is 3.75. The van der Waals surface area contributed by atoms with E-state index < -0.39 is 12.6 Å². The Morgan fingerprint density at radius 1 is 1.39 bits per heavy atom. The third-order valence-electron chi connectivity index (χ3n) is 3.75. The zero-order valence-corrected chi connectivity index (χ0v) is 11.4. The van der Waals surface area contributed by atoms with E-state index in [4.69, 9.17) is 0 Å². The van der Waals surface area contributed by atoms with Crippen molar-refractivity contribution >= 4 is 0 Å². The summed E-state index contributed by atoms with van der Waals surface area (Å²) in [7, 11) is 1.95. The van der Waals surface area contributed by atoms with Crippen LogP contribution in [0.4, 0.5) is 13.2 Å². The Kier molecular flexibility index (Phi) is 6.43. The van der Waals surface area contributed by atoms with Crippen LogP contribution in [-0.2, 0) is 0 Å². The highest BCUT2D eigenvalue weighted by Crippen LogP contribution is 2.25. The monoisotopic (exact) mass is 266 g/mol. The van der Waals surface area contributed by atoms with E-state index in [9.17, 15) is 13.2 Å². The number of rotatable bonds is 6. The normalized spacial score (nSPS) is 24.2. The molecule has 1 aliphatic heterocycles. The van der Waals surface area contributed by atoms with Crippen molar-refractivity contribution in [1.29, 1.82) is 0 Å². The fraction of sp³-hybridized carbons (Fsp3) is 1.00. The smallest absolute Gasteiger partial charge is 0.319 e. The second kappa shape index (κ2) is 7.34. The van der Waals surface area contributed by atoms with Crippen molar-refractivity contribution in [3.8, 4) is 0 Å². The van der Waals surface area contributed by atoms with Gasteiger partial charge in [-0.2, -0.15) is 13.2 Å². The van der Waals surface area contributed by atoms with Gasteiger partial charge in [0.05, 0.1) is 0 Å². The molecule has 1 fully saturated rings. The summed E-state index contributed by atoms with van der Waals surface area (Å²) in [4.78, 5) is 2.35. The Morgan fingerprint density at radius 3 is 2.72 bits per heavy atom. The number of halogens is 3. The van der Waals surface area contributed by atoms with Crippen molar-refractivity contribution < 1.29 is 13.2 Å². The lowest BCUT2D eigenvalue weighted by atomic mass is 9.96. The van der Waals surface area contributed by atoms with Gasteiger partial charge in [-0.25, -0.2) is 0 Å². The maximum atomic E-state index is 12.1. The molecule has 5 heteroatoms. The molecule has 2 nitrogen and oxygen atoms in total. The van der Waals surface area contributed by atoms with Crippen LogP contribution in [0, 0.1) is 5.92 Å². The first kappa shape index (κ1) is 15.8. The molecule has 0 aromatic rings. The minimum absolute atomic E-state index is 0.248. The van der Waals surface area contributed by atoms with Crippen molar-refractivity contribution in [2.75, 3.05) is 26.7 Å². The molecule has 0 bridgehead atoms. The second-order valence-electron chi connectivity index (χ2n) is 5.42. The fourth-order valence-electron chi connectivity index (χ4n) is 2.73. The predicted octanol–water partition coefficient (Wildman–Crippen LogP) is 3.04. The number of nitrogens with one attached hydrogen (secondary N) is 1. The molecule has 0 amide bonds. The Morgan fingerprint density at radius 2 is 2.11 bits per heavy atom. The van der Waals surface area contributed by atoms with Crippen LogP contribution in [-0.4, -0.2) is 43.8 Å². The van der Waals surface area contributed by atoms with Gasteiger partial charge in [0.2, 0.25) is 0 Å². The van der Waals surface area contributed by atoms with E-state index >= 15 is 0 Å². The average molecular weight is 266 g/mol. The Balaban J connectivity index is 2.26. The Labute approximate surface area is 108 Å². The largest absolute Gasteiger partial charge is 0.389 e. The zero-order valence-electron chi connectivity index (χ0n) is 11.4. The molecular weight excluding hydrogens is 241 g/mol. The molecule has 1 aliphatic rings. The molecule has 2 atom stereocenters. The zero-order chi connectivity index (χ0) is 13.6. The van der Waals surface area contributed by atoms with E-state index in [1.807, 2.05) is 7.05 Å². The van der Waals surface area contributed by atoms with Crippen LogP contribution in [0.2, 0.25) is 0 Å². The summed E-state index contributed by atoms with van der Waals surface area (Å²) < 4.78 is 36.3. The van der Waals surface area contributed by atoms with Crippen molar-refractivity contribution in [2.24, 2.45) is 5.92 Å². The molecule has 1 heterocycles. The first-order chi connectivity index (χ1) is 8.42. The molecule has 18 heavy (non-hydrogen) atoms. The molecule has 1 N–H and O–H groups in total. The third kappa shape index (κ3) is 6.05. The SMILES string of the molecule is CNCC1CCCN(C(C)CCCC(F)(F)F)C1. The first-order valence-corrected chi connectivity index (χ1v) is 6.88. The van der Waals surface area contributed by atoms with E-state index in [1.54, 1.807) is 0 Å². The predicted molar refractivity (Wildman–Crippen MR) is 67.6 cm³/mol. The van der Waals surface area contributed by atoms with Crippen molar-refractivity contribution in [1.82, 2.24) is 10.2 Å². The minimum Gasteiger partial charge on any atom is -0.319 e. The summed E-state index contributed by atoms with van der Waals surface area (Å²) in [6, 6.07) is 0.270. The van der Waals surface area contributed by atoms with Gasteiger partial charge < -0.3 is 10.2 Å². The number of piperidine rings is 1. The van der Waals surface area contributed by atoms with Gasteiger partial charge in [-0.3, -0.25) is 0 Å². The van der Waals surface area contributed by atoms with Gasteiger partial charge in [0.15, 0.2) is 0 Å². The molecule has 2 unspecified atom stereocenters. The van der Waals surface area contributed by atoms with E-state index in [1.165, 1.54) is 6.42 Å². The van der Waals surface area contributed by atoms with Crippen LogP contribution in [0.5, 0.6) is 0 Å². The van der Waals surface area contributed by atoms with Gasteiger partial charge >= 0.3 is 6.18 Å². The van der Waals surface area contributed by atoms with E-state index in [0.717, 1.165) is 26.1 Å². The van der Waals surface area contributed by atoms with Crippen LogP contribution in [0.1, 0.15) is 39.0 Å². The number of nitrogens with zero attached hydrogens (tertiary/aromatic N) is 1. The first-order valence-electron chi connectivity index (χ1n) is 6.88. The van der Waals surface area contributed by atoms with E-state index in [-0.39, 0.29) is 12.5 Å². The molecule has 0 aromatic heterocycles. The lowest BCUT2D eigenvalue weighted by Crippen LogP contribution is -2.43. The molecule has 0 saturated carbocycles. The quantitative estimate of drug-likeness (QED) is 0.795. The highest BCUT2D eigenvalue weighted by molar-refractivity contribution is 4.78. The lowest BCUT2D eigenvalue weighted by molar-refractivity contribution is -0.136. The van der Waals surface area contributed by atoms with Crippen molar-refractivity contribution in [3.63, 3.8) is 0 Å². The lowest BCUT2D eigenvalue weighted by Gasteiger charge is -2.37. The van der Waals surface area contributed by atoms with E-state index in [2.05, 4.69) is 17.1 Å². The van der Waals surface area contributed by atoms with Gasteiger partial charge in [0.1, 0.15) is 0 Å². The summed E-state index contributed by atoms with van der Waals surface area (Å²) in [6.45, 7) is 5.12. The van der Waals surface area contributed by atoms with Gasteiger partial charge in [-0.05, 0) is 58.7 Å². The highest BCUT2D eigenvalue weighted by atomic mass is 19.4. The maximum absolute atomic E-state index is 12.1. The molecule has 0 radical (unpaired) electrons. The number of hydrogen-bond donors (Lipinski definition) is 1. The summed E-state index contributed by atoms with van der Waals surface area (Å²) >= 11 is 0. The Bertz CT molecular complexity index is 229. The summed E-state index contributed by atoms with van der Waals surface area (Å²) in [5, 5.41) is 3.18. The second-order valence-corrected chi connectivity index (χ2v) is 5.42. The van der Waals surface area contributed by atoms with E-state index in [0.29, 0.717) is 12.3 Å².